The van der Waals surface area contributed by atoms with Gasteiger partial charge in [-0.3, -0.25) is 4.79 Å². The Balaban J connectivity index is 0.00000481. The molecule has 0 fully saturated rings. The normalized spacial score (nSPS) is 13.1. The Kier molecular flexibility index (Phi) is 12.4. The second kappa shape index (κ2) is 15.2. The van der Waals surface area contributed by atoms with E-state index in [0.717, 1.165) is 16.2 Å². The van der Waals surface area contributed by atoms with Crippen molar-refractivity contribution in [3.8, 4) is 0 Å². The standard InChI is InChI=1S/C28H30FN3O2S2.CH4/c1-4-10-25(36-35-5-2)15-21(3)32-27(33)17-28(26-18-30-20-31-26,23-13-9-14-24(29)16-23)34-19-22-11-7-6-8-12-22;/h4,6-16,18,20H,3,5,17,19H2,1-2H3,(H,30,31)(H,32,33);1H4/b10-4-,25-15+;. The third-order valence-electron chi connectivity index (χ3n) is 5.18. The molecule has 37 heavy (non-hydrogen) atoms. The SMILES string of the molecule is C.C=C(/C=C(\C=C/C)SSCC)NC(=O)CC(OCc1ccccc1)(c1cccc(F)c1)c1cnc[nH]1. The van der Waals surface area contributed by atoms with Gasteiger partial charge in [-0.2, -0.15) is 0 Å². The Bertz CT molecular complexity index is 1200. The highest BCUT2D eigenvalue weighted by Gasteiger charge is 2.40. The first-order valence-corrected chi connectivity index (χ1v) is 13.8. The van der Waals surface area contributed by atoms with Crippen molar-refractivity contribution >= 4 is 27.5 Å². The molecule has 0 saturated carbocycles. The average molecular weight is 540 g/mol. The van der Waals surface area contributed by atoms with Gasteiger partial charge in [-0.15, -0.1) is 0 Å². The Morgan fingerprint density at radius 3 is 2.68 bits per heavy atom. The number of amides is 1. The van der Waals surface area contributed by atoms with Gasteiger partial charge in [0.05, 0.1) is 31.2 Å². The van der Waals surface area contributed by atoms with Crippen molar-refractivity contribution in [2.45, 2.75) is 39.9 Å². The van der Waals surface area contributed by atoms with Gasteiger partial charge in [-0.1, -0.05) is 97.1 Å². The number of H-pyrrole nitrogens is 1. The summed E-state index contributed by atoms with van der Waals surface area (Å²) in [6.45, 7) is 8.24. The van der Waals surface area contributed by atoms with Gasteiger partial charge in [0.25, 0.3) is 0 Å². The number of allylic oxidation sites excluding steroid dienone is 3. The number of benzene rings is 2. The van der Waals surface area contributed by atoms with Gasteiger partial charge in [0.15, 0.2) is 0 Å². The lowest BCUT2D eigenvalue weighted by molar-refractivity contribution is -0.128. The van der Waals surface area contributed by atoms with Crippen LogP contribution >= 0.6 is 21.6 Å². The van der Waals surface area contributed by atoms with Crippen molar-refractivity contribution in [2.24, 2.45) is 0 Å². The minimum Gasteiger partial charge on any atom is -0.359 e. The monoisotopic (exact) mass is 539 g/mol. The molecule has 1 atom stereocenters. The van der Waals surface area contributed by atoms with Crippen LogP contribution in [0, 0.1) is 5.82 Å². The maximum absolute atomic E-state index is 14.4. The van der Waals surface area contributed by atoms with E-state index in [9.17, 15) is 9.18 Å². The molecular formula is C29H34FN3O2S2. The lowest BCUT2D eigenvalue weighted by atomic mass is 9.86. The number of carbonyl (C=O) groups is 1. The molecule has 196 valence electrons. The molecule has 0 radical (unpaired) electrons. The van der Waals surface area contributed by atoms with Crippen molar-refractivity contribution < 1.29 is 13.9 Å². The summed E-state index contributed by atoms with van der Waals surface area (Å²) < 4.78 is 20.8. The largest absolute Gasteiger partial charge is 0.359 e. The Labute approximate surface area is 227 Å². The van der Waals surface area contributed by atoms with E-state index in [0.29, 0.717) is 17.0 Å². The second-order valence-corrected chi connectivity index (χ2v) is 10.5. The Hall–Kier alpha value is -3.07. The zero-order valence-electron chi connectivity index (χ0n) is 20.4. The molecular weight excluding hydrogens is 505 g/mol. The smallest absolute Gasteiger partial charge is 0.228 e. The van der Waals surface area contributed by atoms with Crippen LogP contribution in [0.2, 0.25) is 0 Å². The molecule has 0 aliphatic heterocycles. The van der Waals surface area contributed by atoms with Gasteiger partial charge in [0.2, 0.25) is 5.91 Å². The first-order chi connectivity index (χ1) is 17.5. The quantitative estimate of drug-likeness (QED) is 0.174. The number of halogens is 1. The number of carbonyl (C=O) groups excluding carboxylic acids is 1. The zero-order valence-corrected chi connectivity index (χ0v) is 22.0. The number of hydrogen-bond acceptors (Lipinski definition) is 5. The lowest BCUT2D eigenvalue weighted by Gasteiger charge is -2.33. The molecule has 1 unspecified atom stereocenters. The Morgan fingerprint density at radius 1 is 1.24 bits per heavy atom. The van der Waals surface area contributed by atoms with Gasteiger partial charge in [-0.05, 0) is 36.3 Å². The molecule has 0 aliphatic rings. The van der Waals surface area contributed by atoms with E-state index in [1.54, 1.807) is 39.9 Å². The molecule has 0 bridgehead atoms. The summed E-state index contributed by atoms with van der Waals surface area (Å²) in [5.74, 6) is 0.211. The third-order valence-corrected chi connectivity index (χ3v) is 7.62. The first-order valence-electron chi connectivity index (χ1n) is 11.5. The second-order valence-electron chi connectivity index (χ2n) is 7.86. The number of hydrogen-bond donors (Lipinski definition) is 2. The van der Waals surface area contributed by atoms with E-state index in [-0.39, 0.29) is 26.4 Å². The predicted octanol–water partition coefficient (Wildman–Crippen LogP) is 7.53. The highest BCUT2D eigenvalue weighted by molar-refractivity contribution is 8.78. The molecule has 2 N–H and O–H groups in total. The van der Waals surface area contributed by atoms with E-state index in [4.69, 9.17) is 4.74 Å². The molecule has 3 aromatic rings. The van der Waals surface area contributed by atoms with Gasteiger partial charge in [0.1, 0.15) is 11.4 Å². The van der Waals surface area contributed by atoms with E-state index >= 15 is 0 Å². The van der Waals surface area contributed by atoms with Crippen molar-refractivity contribution in [3.05, 3.63) is 125 Å². The van der Waals surface area contributed by atoms with E-state index in [1.165, 1.54) is 18.5 Å². The van der Waals surface area contributed by atoms with Crippen LogP contribution in [0.15, 0.2) is 103 Å². The summed E-state index contributed by atoms with van der Waals surface area (Å²) >= 11 is 0. The predicted molar refractivity (Wildman–Crippen MR) is 154 cm³/mol. The number of nitrogens with zero attached hydrogens (tertiary/aromatic N) is 1. The van der Waals surface area contributed by atoms with Crippen LogP contribution in [0.3, 0.4) is 0 Å². The summed E-state index contributed by atoms with van der Waals surface area (Å²) in [6.07, 6.45) is 8.73. The molecule has 0 aliphatic carbocycles. The highest BCUT2D eigenvalue weighted by atomic mass is 33.1. The lowest BCUT2D eigenvalue weighted by Crippen LogP contribution is -2.38. The number of aromatic amines is 1. The van der Waals surface area contributed by atoms with Gasteiger partial charge in [0, 0.05) is 16.4 Å². The summed E-state index contributed by atoms with van der Waals surface area (Å²) in [6, 6.07) is 15.7. The fourth-order valence-corrected chi connectivity index (χ4v) is 5.32. The Morgan fingerprint density at radius 2 is 2.03 bits per heavy atom. The van der Waals surface area contributed by atoms with Crippen LogP contribution < -0.4 is 5.32 Å². The third kappa shape index (κ3) is 8.77. The van der Waals surface area contributed by atoms with Crippen molar-refractivity contribution in [2.75, 3.05) is 5.75 Å². The fraction of sp³-hybridized carbons (Fsp3) is 0.241. The minimum absolute atomic E-state index is 0. The van der Waals surface area contributed by atoms with E-state index in [2.05, 4.69) is 28.8 Å². The molecule has 8 heteroatoms. The average Bonchev–Trinajstić information content (AvgIpc) is 3.41. The fourth-order valence-electron chi connectivity index (χ4n) is 3.61. The highest BCUT2D eigenvalue weighted by Crippen LogP contribution is 2.37. The van der Waals surface area contributed by atoms with Gasteiger partial charge in [-0.25, -0.2) is 9.37 Å². The number of aromatic nitrogens is 2. The van der Waals surface area contributed by atoms with E-state index < -0.39 is 11.4 Å². The summed E-state index contributed by atoms with van der Waals surface area (Å²) in [5.41, 5.74) is 1.13. The van der Waals surface area contributed by atoms with Crippen LogP contribution in [-0.4, -0.2) is 21.6 Å². The van der Waals surface area contributed by atoms with Crippen LogP contribution in [0.1, 0.15) is 44.5 Å². The molecule has 5 nitrogen and oxygen atoms in total. The summed E-state index contributed by atoms with van der Waals surface area (Å²) in [5, 5.41) is 2.87. The number of nitrogens with one attached hydrogen (secondary N) is 2. The topological polar surface area (TPSA) is 67.0 Å². The maximum Gasteiger partial charge on any atom is 0.228 e. The molecule has 1 heterocycles. The van der Waals surface area contributed by atoms with Crippen molar-refractivity contribution in [1.82, 2.24) is 15.3 Å². The molecule has 0 saturated heterocycles. The molecule has 1 aromatic heterocycles. The summed E-state index contributed by atoms with van der Waals surface area (Å²) in [7, 11) is 3.32. The number of ether oxygens (including phenoxy) is 1. The van der Waals surface area contributed by atoms with Gasteiger partial charge < -0.3 is 15.0 Å². The first kappa shape index (κ1) is 30.2. The van der Waals surface area contributed by atoms with Crippen molar-refractivity contribution in [3.63, 3.8) is 0 Å². The van der Waals surface area contributed by atoms with Crippen LogP contribution in [0.25, 0.3) is 0 Å². The maximum atomic E-state index is 14.4. The minimum atomic E-state index is -1.30. The number of imidazole rings is 1. The van der Waals surface area contributed by atoms with Crippen LogP contribution in [0.4, 0.5) is 4.39 Å². The molecule has 1 amide bonds. The van der Waals surface area contributed by atoms with E-state index in [1.807, 2.05) is 55.5 Å². The molecule has 3 rings (SSSR count). The molecule has 2 aromatic carbocycles. The van der Waals surface area contributed by atoms with Gasteiger partial charge >= 0.3 is 0 Å². The number of rotatable bonds is 13. The van der Waals surface area contributed by atoms with Crippen LogP contribution in [-0.2, 0) is 21.7 Å². The molecule has 0 spiro atoms. The van der Waals surface area contributed by atoms with Crippen molar-refractivity contribution in [1.29, 1.82) is 0 Å². The van der Waals surface area contributed by atoms with Crippen LogP contribution in [0.5, 0.6) is 0 Å². The zero-order chi connectivity index (χ0) is 25.8. The summed E-state index contributed by atoms with van der Waals surface area (Å²) in [4.78, 5) is 21.5.